The van der Waals surface area contributed by atoms with Crippen molar-refractivity contribution in [2.75, 3.05) is 20.1 Å². The van der Waals surface area contributed by atoms with Gasteiger partial charge >= 0.3 is 0 Å². The van der Waals surface area contributed by atoms with Gasteiger partial charge in [-0.3, -0.25) is 4.79 Å². The lowest BCUT2D eigenvalue weighted by atomic mass is 10.1. The minimum atomic E-state index is -0.145. The average molecular weight is 276 g/mol. The van der Waals surface area contributed by atoms with Gasteiger partial charge in [0, 0.05) is 6.04 Å². The maximum Gasteiger partial charge on any atom is 0.268 e. The molecule has 0 saturated carbocycles. The monoisotopic (exact) mass is 275 g/mol. The van der Waals surface area contributed by atoms with Crippen LogP contribution >= 0.6 is 23.2 Å². The highest BCUT2D eigenvalue weighted by Gasteiger charge is 2.20. The Morgan fingerprint density at radius 1 is 1.47 bits per heavy atom. The summed E-state index contributed by atoms with van der Waals surface area (Å²) in [7, 11) is 2.09. The molecule has 2 rings (SSSR count). The topological polar surface area (TPSA) is 48.1 Å². The van der Waals surface area contributed by atoms with Gasteiger partial charge in [0.15, 0.2) is 0 Å². The van der Waals surface area contributed by atoms with Gasteiger partial charge in [0.1, 0.15) is 10.8 Å². The molecular weight excluding hydrogens is 261 g/mol. The molecule has 1 saturated heterocycles. The Morgan fingerprint density at radius 3 is 2.65 bits per heavy atom. The molecule has 0 radical (unpaired) electrons. The van der Waals surface area contributed by atoms with Crippen LogP contribution in [0.3, 0.4) is 0 Å². The number of hydrogen-bond acceptors (Lipinski definition) is 2. The lowest BCUT2D eigenvalue weighted by Gasteiger charge is -2.29. The van der Waals surface area contributed by atoms with Crippen molar-refractivity contribution in [3.63, 3.8) is 0 Å². The molecule has 4 nitrogen and oxygen atoms in total. The summed E-state index contributed by atoms with van der Waals surface area (Å²) in [5, 5.41) is 3.66. The van der Waals surface area contributed by atoms with Crippen molar-refractivity contribution in [1.29, 1.82) is 0 Å². The second-order valence-electron chi connectivity index (χ2n) is 4.40. The zero-order valence-electron chi connectivity index (χ0n) is 9.59. The van der Waals surface area contributed by atoms with Gasteiger partial charge in [-0.15, -0.1) is 0 Å². The molecule has 2 N–H and O–H groups in total. The van der Waals surface area contributed by atoms with Crippen LogP contribution in [0.15, 0.2) is 6.07 Å². The van der Waals surface area contributed by atoms with Gasteiger partial charge in [-0.25, -0.2) is 0 Å². The largest absolute Gasteiger partial charge is 0.348 e. The molecular formula is C11H15Cl2N3O. The van der Waals surface area contributed by atoms with Gasteiger partial charge in [-0.1, -0.05) is 23.2 Å². The van der Waals surface area contributed by atoms with Crippen LogP contribution in [0.1, 0.15) is 23.3 Å². The lowest BCUT2D eigenvalue weighted by molar-refractivity contribution is 0.0912. The number of amides is 1. The number of likely N-dealkylation sites (tertiary alicyclic amines) is 1. The first kappa shape index (κ1) is 12.7. The van der Waals surface area contributed by atoms with E-state index in [2.05, 4.69) is 22.2 Å². The van der Waals surface area contributed by atoms with E-state index in [0.29, 0.717) is 15.9 Å². The summed E-state index contributed by atoms with van der Waals surface area (Å²) < 4.78 is 0. The van der Waals surface area contributed by atoms with Crippen molar-refractivity contribution < 1.29 is 4.79 Å². The molecule has 6 heteroatoms. The van der Waals surface area contributed by atoms with E-state index < -0.39 is 0 Å². The van der Waals surface area contributed by atoms with Crippen molar-refractivity contribution >= 4 is 29.1 Å². The predicted octanol–water partition coefficient (Wildman–Crippen LogP) is 2.15. The van der Waals surface area contributed by atoms with Crippen LogP contribution in [0.25, 0.3) is 0 Å². The minimum absolute atomic E-state index is 0.145. The van der Waals surface area contributed by atoms with Gasteiger partial charge in [0.2, 0.25) is 0 Å². The Kier molecular flexibility index (Phi) is 3.97. The fourth-order valence-corrected chi connectivity index (χ4v) is 2.26. The number of carbonyl (C=O) groups is 1. The number of hydrogen-bond donors (Lipinski definition) is 2. The molecule has 0 aromatic carbocycles. The summed E-state index contributed by atoms with van der Waals surface area (Å²) in [6.45, 7) is 2.02. The summed E-state index contributed by atoms with van der Waals surface area (Å²) in [4.78, 5) is 16.9. The highest BCUT2D eigenvalue weighted by atomic mass is 35.5. The van der Waals surface area contributed by atoms with Crippen molar-refractivity contribution in [3.8, 4) is 0 Å². The van der Waals surface area contributed by atoms with Gasteiger partial charge in [-0.2, -0.15) is 0 Å². The van der Waals surface area contributed by atoms with Crippen LogP contribution in [0.4, 0.5) is 0 Å². The standard InChI is InChI=1S/C11H15Cl2N3O/c1-16-4-2-7(3-5-16)14-11(17)9-6-8(12)10(13)15-9/h6-7,15H,2-5H2,1H3,(H,14,17). The highest BCUT2D eigenvalue weighted by Crippen LogP contribution is 2.22. The number of rotatable bonds is 2. The van der Waals surface area contributed by atoms with E-state index in [-0.39, 0.29) is 11.9 Å². The molecule has 1 aromatic rings. The molecule has 0 bridgehead atoms. The molecule has 0 aliphatic carbocycles. The summed E-state index contributed by atoms with van der Waals surface area (Å²) in [5.74, 6) is -0.145. The Bertz CT molecular complexity index is 391. The Hall–Kier alpha value is -0.710. The van der Waals surface area contributed by atoms with Crippen LogP contribution < -0.4 is 5.32 Å². The quantitative estimate of drug-likeness (QED) is 0.869. The molecule has 1 aliphatic heterocycles. The summed E-state index contributed by atoms with van der Waals surface area (Å²) in [5.41, 5.74) is 0.416. The number of piperidine rings is 1. The minimum Gasteiger partial charge on any atom is -0.348 e. The molecule has 1 amide bonds. The van der Waals surface area contributed by atoms with Gasteiger partial charge in [-0.05, 0) is 39.0 Å². The Balaban J connectivity index is 1.93. The number of aromatic amines is 1. The van der Waals surface area contributed by atoms with Crippen molar-refractivity contribution in [2.45, 2.75) is 18.9 Å². The third-order valence-corrected chi connectivity index (χ3v) is 3.72. The van der Waals surface area contributed by atoms with Crippen molar-refractivity contribution in [2.24, 2.45) is 0 Å². The number of nitrogens with zero attached hydrogens (tertiary/aromatic N) is 1. The van der Waals surface area contributed by atoms with Crippen LogP contribution in [-0.2, 0) is 0 Å². The maximum atomic E-state index is 11.9. The number of nitrogens with one attached hydrogen (secondary N) is 2. The second kappa shape index (κ2) is 5.29. The van der Waals surface area contributed by atoms with Gasteiger partial charge in [0.05, 0.1) is 5.02 Å². The summed E-state index contributed by atoms with van der Waals surface area (Å²) in [6, 6.07) is 1.79. The average Bonchev–Trinajstić information content (AvgIpc) is 2.63. The first-order valence-electron chi connectivity index (χ1n) is 5.59. The smallest absolute Gasteiger partial charge is 0.268 e. The van der Waals surface area contributed by atoms with E-state index in [1.807, 2.05) is 0 Å². The first-order valence-corrected chi connectivity index (χ1v) is 6.35. The zero-order chi connectivity index (χ0) is 12.4. The van der Waals surface area contributed by atoms with E-state index in [4.69, 9.17) is 23.2 Å². The highest BCUT2D eigenvalue weighted by molar-refractivity contribution is 6.41. The molecule has 1 fully saturated rings. The van der Waals surface area contributed by atoms with Gasteiger partial charge < -0.3 is 15.2 Å². The number of halogens is 2. The molecule has 2 heterocycles. The van der Waals surface area contributed by atoms with E-state index in [0.717, 1.165) is 25.9 Å². The third kappa shape index (κ3) is 3.15. The SMILES string of the molecule is CN1CCC(NC(=O)c2cc(Cl)c(Cl)[nH]2)CC1. The Morgan fingerprint density at radius 2 is 2.12 bits per heavy atom. The van der Waals surface area contributed by atoms with E-state index in [1.54, 1.807) is 6.07 Å². The Labute approximate surface area is 110 Å². The third-order valence-electron chi connectivity index (χ3n) is 3.02. The number of H-pyrrole nitrogens is 1. The maximum absolute atomic E-state index is 11.9. The molecule has 94 valence electrons. The van der Waals surface area contributed by atoms with Crippen LogP contribution in [0.2, 0.25) is 10.2 Å². The fraction of sp³-hybridized carbons (Fsp3) is 0.545. The predicted molar refractivity (Wildman–Crippen MR) is 68.8 cm³/mol. The molecule has 17 heavy (non-hydrogen) atoms. The normalized spacial score (nSPS) is 18.3. The van der Waals surface area contributed by atoms with Crippen molar-refractivity contribution in [3.05, 3.63) is 21.9 Å². The first-order chi connectivity index (χ1) is 8.06. The van der Waals surface area contributed by atoms with Crippen LogP contribution in [-0.4, -0.2) is 42.0 Å². The zero-order valence-corrected chi connectivity index (χ0v) is 11.1. The number of carbonyl (C=O) groups excluding carboxylic acids is 1. The molecule has 1 aromatic heterocycles. The van der Waals surface area contributed by atoms with E-state index in [9.17, 15) is 4.79 Å². The lowest BCUT2D eigenvalue weighted by Crippen LogP contribution is -2.43. The van der Waals surface area contributed by atoms with Gasteiger partial charge in [0.25, 0.3) is 5.91 Å². The summed E-state index contributed by atoms with van der Waals surface area (Å²) >= 11 is 11.5. The second-order valence-corrected chi connectivity index (χ2v) is 5.18. The molecule has 0 unspecified atom stereocenters. The number of aromatic nitrogens is 1. The van der Waals surface area contributed by atoms with E-state index >= 15 is 0 Å². The van der Waals surface area contributed by atoms with E-state index in [1.165, 1.54) is 0 Å². The molecule has 1 aliphatic rings. The fourth-order valence-electron chi connectivity index (χ4n) is 1.94. The van der Waals surface area contributed by atoms with Crippen LogP contribution in [0.5, 0.6) is 0 Å². The van der Waals surface area contributed by atoms with Crippen LogP contribution in [0, 0.1) is 0 Å². The molecule has 0 spiro atoms. The molecule has 0 atom stereocenters. The summed E-state index contributed by atoms with van der Waals surface area (Å²) in [6.07, 6.45) is 1.95. The van der Waals surface area contributed by atoms with Crippen molar-refractivity contribution in [1.82, 2.24) is 15.2 Å².